The number of carbonyl (C=O) groups excluding carboxylic acids is 1. The Morgan fingerprint density at radius 2 is 2.62 bits per heavy atom. The summed E-state index contributed by atoms with van der Waals surface area (Å²) in [5.74, 6) is 0. The lowest BCUT2D eigenvalue weighted by molar-refractivity contribution is 0.540. The highest BCUT2D eigenvalue weighted by Gasteiger charge is 1.88. The van der Waals surface area contributed by atoms with E-state index in [0.717, 1.165) is 4.68 Å². The van der Waals surface area contributed by atoms with Gasteiger partial charge in [-0.25, -0.2) is 4.68 Å². The van der Waals surface area contributed by atoms with Gasteiger partial charge in [0.15, 0.2) is 0 Å². The van der Waals surface area contributed by atoms with Crippen molar-refractivity contribution in [3.8, 4) is 0 Å². The Kier molecular flexibility index (Phi) is 1.30. The van der Waals surface area contributed by atoms with Crippen LogP contribution < -0.4 is 0 Å². The third-order valence-electron chi connectivity index (χ3n) is 0.678. The van der Waals surface area contributed by atoms with Gasteiger partial charge in [-0.2, -0.15) is 5.10 Å². The lowest BCUT2D eigenvalue weighted by Gasteiger charge is -1.76. The molecule has 0 saturated carbocycles. The van der Waals surface area contributed by atoms with Gasteiger partial charge < -0.3 is 0 Å². The smallest absolute Gasteiger partial charge is 0.234 e. The van der Waals surface area contributed by atoms with Crippen LogP contribution in [0.15, 0.2) is 12.4 Å². The number of carbonyl (C=O) groups is 1. The monoisotopic (exact) mass is 130 g/mol. The van der Waals surface area contributed by atoms with E-state index in [4.69, 9.17) is 11.6 Å². The molecule has 0 aliphatic carbocycles. The Morgan fingerprint density at radius 1 is 1.88 bits per heavy atom. The Labute approximate surface area is 50.9 Å². The lowest BCUT2D eigenvalue weighted by atomic mass is 10.7. The summed E-state index contributed by atoms with van der Waals surface area (Å²) >= 11 is 5.40. The quantitative estimate of drug-likeness (QED) is 0.521. The maximum atomic E-state index is 9.86. The molecule has 1 aromatic rings. The number of hydrogen-bond donors (Lipinski definition) is 0. The van der Waals surface area contributed by atoms with Crippen molar-refractivity contribution in [1.29, 1.82) is 0 Å². The van der Waals surface area contributed by atoms with Gasteiger partial charge in [0.1, 0.15) is 0 Å². The molecule has 0 aliphatic rings. The van der Waals surface area contributed by atoms with Crippen LogP contribution in [0.25, 0.3) is 0 Å². The van der Waals surface area contributed by atoms with E-state index in [0.29, 0.717) is 11.4 Å². The first kappa shape index (κ1) is 5.31. The molecular weight excluding hydrogens is 128 g/mol. The Balaban J connectivity index is 3.00. The maximum Gasteiger partial charge on any atom is 0.234 e. The van der Waals surface area contributed by atoms with Crippen molar-refractivity contribution in [2.75, 3.05) is 0 Å². The van der Waals surface area contributed by atoms with Crippen LogP contribution in [0.3, 0.4) is 0 Å². The van der Waals surface area contributed by atoms with Gasteiger partial charge in [0.2, 0.25) is 6.41 Å². The first-order chi connectivity index (χ1) is 3.83. The standard InChI is InChI=1S/C4H3ClN2O/c5-4-1-6-7(2-4)3-8/h1-3H. The van der Waals surface area contributed by atoms with Gasteiger partial charge in [-0.15, -0.1) is 0 Å². The van der Waals surface area contributed by atoms with E-state index < -0.39 is 0 Å². The molecule has 0 N–H and O–H groups in total. The molecule has 0 aliphatic heterocycles. The summed E-state index contributed by atoms with van der Waals surface area (Å²) in [6.07, 6.45) is 3.40. The molecule has 0 aromatic carbocycles. The molecule has 42 valence electrons. The summed E-state index contributed by atoms with van der Waals surface area (Å²) in [6.45, 7) is 0. The minimum absolute atomic E-state index is 0.470. The summed E-state index contributed by atoms with van der Waals surface area (Å²) in [4.78, 5) is 9.86. The van der Waals surface area contributed by atoms with Crippen molar-refractivity contribution < 1.29 is 4.79 Å². The van der Waals surface area contributed by atoms with Gasteiger partial charge in [0, 0.05) is 0 Å². The molecule has 0 bridgehead atoms. The number of halogens is 1. The average molecular weight is 131 g/mol. The second-order valence-corrected chi connectivity index (χ2v) is 1.68. The highest BCUT2D eigenvalue weighted by atomic mass is 35.5. The number of hydrogen-bond acceptors (Lipinski definition) is 2. The van der Waals surface area contributed by atoms with Crippen molar-refractivity contribution in [3.63, 3.8) is 0 Å². The van der Waals surface area contributed by atoms with Crippen molar-refractivity contribution in [3.05, 3.63) is 17.4 Å². The third-order valence-corrected chi connectivity index (χ3v) is 0.873. The summed E-state index contributed by atoms with van der Waals surface area (Å²) < 4.78 is 1.10. The van der Waals surface area contributed by atoms with Gasteiger partial charge in [0.25, 0.3) is 0 Å². The molecule has 0 spiro atoms. The van der Waals surface area contributed by atoms with Crippen LogP contribution >= 0.6 is 11.6 Å². The number of nitrogens with zero attached hydrogens (tertiary/aromatic N) is 2. The molecule has 8 heavy (non-hydrogen) atoms. The first-order valence-corrected chi connectivity index (χ1v) is 2.35. The second-order valence-electron chi connectivity index (χ2n) is 1.24. The van der Waals surface area contributed by atoms with Crippen LogP contribution in [0.2, 0.25) is 5.02 Å². The maximum absolute atomic E-state index is 9.86. The Bertz CT molecular complexity index is 196. The zero-order valence-electron chi connectivity index (χ0n) is 3.91. The van der Waals surface area contributed by atoms with Crippen LogP contribution in [0.4, 0.5) is 0 Å². The normalized spacial score (nSPS) is 9.12. The van der Waals surface area contributed by atoms with E-state index in [1.54, 1.807) is 0 Å². The van der Waals surface area contributed by atoms with Gasteiger partial charge in [-0.05, 0) is 0 Å². The van der Waals surface area contributed by atoms with Gasteiger partial charge >= 0.3 is 0 Å². The minimum atomic E-state index is 0.470. The highest BCUT2D eigenvalue weighted by molar-refractivity contribution is 6.30. The van der Waals surface area contributed by atoms with E-state index in [9.17, 15) is 4.79 Å². The Morgan fingerprint density at radius 3 is 2.88 bits per heavy atom. The topological polar surface area (TPSA) is 34.9 Å². The van der Waals surface area contributed by atoms with E-state index >= 15 is 0 Å². The minimum Gasteiger partial charge on any atom is -0.276 e. The fourth-order valence-corrected chi connectivity index (χ4v) is 0.516. The predicted octanol–water partition coefficient (Wildman–Crippen LogP) is 0.575. The molecule has 1 aromatic heterocycles. The molecule has 0 amide bonds. The highest BCUT2D eigenvalue weighted by Crippen LogP contribution is 2.01. The van der Waals surface area contributed by atoms with Gasteiger partial charge in [-0.3, -0.25) is 4.79 Å². The zero-order valence-corrected chi connectivity index (χ0v) is 4.67. The second kappa shape index (κ2) is 1.96. The van der Waals surface area contributed by atoms with E-state index in [1.165, 1.54) is 12.4 Å². The Hall–Kier alpha value is -0.830. The van der Waals surface area contributed by atoms with E-state index in [2.05, 4.69) is 5.10 Å². The summed E-state index contributed by atoms with van der Waals surface area (Å²) in [7, 11) is 0. The van der Waals surface area contributed by atoms with E-state index in [-0.39, 0.29) is 0 Å². The summed E-state index contributed by atoms with van der Waals surface area (Å²) in [5, 5.41) is 4.02. The molecule has 0 fully saturated rings. The molecule has 4 heteroatoms. The molecule has 0 saturated heterocycles. The number of aromatic nitrogens is 2. The fourth-order valence-electron chi connectivity index (χ4n) is 0.372. The first-order valence-electron chi connectivity index (χ1n) is 1.98. The largest absolute Gasteiger partial charge is 0.276 e. The molecule has 0 radical (unpaired) electrons. The number of rotatable bonds is 1. The SMILES string of the molecule is O=Cn1cc(Cl)cn1. The van der Waals surface area contributed by atoms with Crippen LogP contribution in [0.5, 0.6) is 0 Å². The van der Waals surface area contributed by atoms with Gasteiger partial charge in [-0.1, -0.05) is 11.6 Å². The van der Waals surface area contributed by atoms with Crippen molar-refractivity contribution in [2.24, 2.45) is 0 Å². The molecule has 0 atom stereocenters. The van der Waals surface area contributed by atoms with Crippen molar-refractivity contribution >= 4 is 18.0 Å². The predicted molar refractivity (Wildman–Crippen MR) is 29.4 cm³/mol. The van der Waals surface area contributed by atoms with E-state index in [1.807, 2.05) is 0 Å². The third kappa shape index (κ3) is 0.869. The lowest BCUT2D eigenvalue weighted by Crippen LogP contribution is -1.92. The van der Waals surface area contributed by atoms with Gasteiger partial charge in [0.05, 0.1) is 17.4 Å². The average Bonchev–Trinajstić information content (AvgIpc) is 2.14. The molecule has 1 rings (SSSR count). The molecule has 1 heterocycles. The molecule has 3 nitrogen and oxygen atoms in total. The van der Waals surface area contributed by atoms with Crippen LogP contribution in [-0.4, -0.2) is 16.2 Å². The van der Waals surface area contributed by atoms with Crippen molar-refractivity contribution in [2.45, 2.75) is 0 Å². The fraction of sp³-hybridized carbons (Fsp3) is 0. The molecular formula is C4H3ClN2O. The summed E-state index contributed by atoms with van der Waals surface area (Å²) in [6, 6.07) is 0. The van der Waals surface area contributed by atoms with Crippen LogP contribution in [0, 0.1) is 0 Å². The van der Waals surface area contributed by atoms with Crippen LogP contribution in [-0.2, 0) is 4.79 Å². The van der Waals surface area contributed by atoms with Crippen molar-refractivity contribution in [1.82, 2.24) is 9.78 Å². The summed E-state index contributed by atoms with van der Waals surface area (Å²) in [5.41, 5.74) is 0. The molecule has 0 unspecified atom stereocenters. The zero-order chi connectivity index (χ0) is 5.98. The van der Waals surface area contributed by atoms with Crippen LogP contribution in [0.1, 0.15) is 0 Å².